The number of nitrogens with two attached hydrogens (primary N) is 1. The fraction of sp³-hybridized carbons (Fsp3) is 0.600. The van der Waals surface area contributed by atoms with Gasteiger partial charge in [-0.1, -0.05) is 40.9 Å². The summed E-state index contributed by atoms with van der Waals surface area (Å²) in [4.78, 5) is 0. The molecule has 2 atom stereocenters. The monoisotopic (exact) mass is 293 g/mol. The molecule has 2 fully saturated rings. The van der Waals surface area contributed by atoms with E-state index in [1.807, 2.05) is 0 Å². The smallest absolute Gasteiger partial charge is 0.0473 e. The molecule has 0 spiro atoms. The highest BCUT2D eigenvalue weighted by Gasteiger charge is 2.62. The van der Waals surface area contributed by atoms with Gasteiger partial charge in [0, 0.05) is 10.0 Å². The van der Waals surface area contributed by atoms with Crippen LogP contribution in [0.15, 0.2) is 16.6 Å². The van der Waals surface area contributed by atoms with Crippen LogP contribution < -0.4 is 5.73 Å². The zero-order valence-electron chi connectivity index (χ0n) is 10.6. The summed E-state index contributed by atoms with van der Waals surface area (Å²) in [6.07, 6.45) is 5.40. The minimum atomic E-state index is -0.00722. The molecule has 0 amide bonds. The third-order valence-corrected chi connectivity index (χ3v) is 6.07. The van der Waals surface area contributed by atoms with Gasteiger partial charge < -0.3 is 5.73 Å². The van der Waals surface area contributed by atoms with Crippen molar-refractivity contribution >= 4 is 15.9 Å². The van der Waals surface area contributed by atoms with Crippen LogP contribution in [-0.2, 0) is 5.54 Å². The van der Waals surface area contributed by atoms with Crippen molar-refractivity contribution in [2.24, 2.45) is 17.6 Å². The molecule has 0 bridgehead atoms. The first-order valence-corrected chi connectivity index (χ1v) is 7.40. The zero-order chi connectivity index (χ0) is 12.2. The van der Waals surface area contributed by atoms with Crippen LogP contribution in [0.1, 0.15) is 42.4 Å². The summed E-state index contributed by atoms with van der Waals surface area (Å²) < 4.78 is 1.23. The first kappa shape index (κ1) is 11.7. The Morgan fingerprint density at radius 2 is 1.59 bits per heavy atom. The molecule has 1 aromatic rings. The minimum Gasteiger partial charge on any atom is -0.321 e. The lowest BCUT2D eigenvalue weighted by Gasteiger charge is -2.16. The average molecular weight is 294 g/mol. The van der Waals surface area contributed by atoms with Crippen molar-refractivity contribution in [2.75, 3.05) is 0 Å². The van der Waals surface area contributed by atoms with Gasteiger partial charge in [0.25, 0.3) is 0 Å². The van der Waals surface area contributed by atoms with Gasteiger partial charge in [-0.25, -0.2) is 0 Å². The quantitative estimate of drug-likeness (QED) is 0.831. The lowest BCUT2D eigenvalue weighted by atomic mass is 9.97. The second-order valence-corrected chi connectivity index (χ2v) is 6.65. The molecule has 92 valence electrons. The Morgan fingerprint density at radius 3 is 2.06 bits per heavy atom. The van der Waals surface area contributed by atoms with E-state index < -0.39 is 0 Å². The molecular formula is C15H20BrN. The molecule has 2 aliphatic carbocycles. The fourth-order valence-electron chi connectivity index (χ4n) is 3.80. The third-order valence-electron chi connectivity index (χ3n) is 4.82. The van der Waals surface area contributed by atoms with Crippen molar-refractivity contribution in [1.29, 1.82) is 0 Å². The van der Waals surface area contributed by atoms with E-state index >= 15 is 0 Å². The average Bonchev–Trinajstić information content (AvgIpc) is 2.94. The summed E-state index contributed by atoms with van der Waals surface area (Å²) in [6, 6.07) is 4.57. The maximum Gasteiger partial charge on any atom is 0.0473 e. The van der Waals surface area contributed by atoms with Crippen molar-refractivity contribution in [3.63, 3.8) is 0 Å². The molecule has 3 rings (SSSR count). The molecule has 2 heteroatoms. The highest BCUT2D eigenvalue weighted by Crippen LogP contribution is 2.62. The van der Waals surface area contributed by atoms with Crippen LogP contribution in [0, 0.1) is 25.7 Å². The summed E-state index contributed by atoms with van der Waals surface area (Å²) >= 11 is 3.64. The molecule has 2 saturated carbocycles. The molecule has 2 aliphatic rings. The van der Waals surface area contributed by atoms with Crippen LogP contribution in [0.25, 0.3) is 0 Å². The van der Waals surface area contributed by atoms with E-state index in [4.69, 9.17) is 5.73 Å². The summed E-state index contributed by atoms with van der Waals surface area (Å²) in [5.41, 5.74) is 10.7. The summed E-state index contributed by atoms with van der Waals surface area (Å²) in [6.45, 7) is 4.33. The Hall–Kier alpha value is -0.340. The van der Waals surface area contributed by atoms with Crippen molar-refractivity contribution in [3.8, 4) is 0 Å². The minimum absolute atomic E-state index is 0.00722. The van der Waals surface area contributed by atoms with Crippen LogP contribution in [0.5, 0.6) is 0 Å². The maximum absolute atomic E-state index is 6.69. The van der Waals surface area contributed by atoms with Crippen LogP contribution in [0.3, 0.4) is 0 Å². The van der Waals surface area contributed by atoms with E-state index in [0.29, 0.717) is 0 Å². The van der Waals surface area contributed by atoms with E-state index in [1.54, 1.807) is 0 Å². The topological polar surface area (TPSA) is 26.0 Å². The predicted octanol–water partition coefficient (Wildman–Crippen LogP) is 4.04. The lowest BCUT2D eigenvalue weighted by molar-refractivity contribution is 0.480. The van der Waals surface area contributed by atoms with Gasteiger partial charge in [-0.2, -0.15) is 0 Å². The van der Waals surface area contributed by atoms with Gasteiger partial charge in [-0.05, 0) is 55.2 Å². The maximum atomic E-state index is 6.69. The van der Waals surface area contributed by atoms with Crippen molar-refractivity contribution in [3.05, 3.63) is 33.3 Å². The Balaban J connectivity index is 2.00. The molecule has 0 heterocycles. The SMILES string of the molecule is Cc1cc(C2(N)C3CCCCC32)cc(C)c1Br. The first-order valence-electron chi connectivity index (χ1n) is 6.61. The molecule has 2 N–H and O–H groups in total. The molecule has 0 aliphatic heterocycles. The van der Waals surface area contributed by atoms with E-state index in [0.717, 1.165) is 11.8 Å². The van der Waals surface area contributed by atoms with Crippen LogP contribution >= 0.6 is 15.9 Å². The third kappa shape index (κ3) is 1.61. The van der Waals surface area contributed by atoms with Gasteiger partial charge in [0.1, 0.15) is 0 Å². The highest BCUT2D eigenvalue weighted by atomic mass is 79.9. The van der Waals surface area contributed by atoms with Crippen molar-refractivity contribution < 1.29 is 0 Å². The highest BCUT2D eigenvalue weighted by molar-refractivity contribution is 9.10. The second kappa shape index (κ2) is 3.83. The normalized spacial score (nSPS) is 35.5. The second-order valence-electron chi connectivity index (χ2n) is 5.85. The molecule has 1 nitrogen and oxygen atoms in total. The van der Waals surface area contributed by atoms with Crippen LogP contribution in [0.4, 0.5) is 0 Å². The first-order chi connectivity index (χ1) is 8.05. The van der Waals surface area contributed by atoms with Crippen LogP contribution in [0.2, 0.25) is 0 Å². The molecule has 1 aromatic carbocycles. The Labute approximate surface area is 112 Å². The number of hydrogen-bond donors (Lipinski definition) is 1. The van der Waals surface area contributed by atoms with Gasteiger partial charge in [-0.3, -0.25) is 0 Å². The van der Waals surface area contributed by atoms with Gasteiger partial charge in [0.2, 0.25) is 0 Å². The van der Waals surface area contributed by atoms with Crippen molar-refractivity contribution in [1.82, 2.24) is 0 Å². The number of aryl methyl sites for hydroxylation is 2. The summed E-state index contributed by atoms with van der Waals surface area (Å²) in [5, 5.41) is 0. The molecule has 0 radical (unpaired) electrons. The van der Waals surface area contributed by atoms with E-state index in [9.17, 15) is 0 Å². The number of rotatable bonds is 1. The Bertz CT molecular complexity index is 431. The molecule has 0 aromatic heterocycles. The number of halogens is 1. The summed E-state index contributed by atoms with van der Waals surface area (Å²) in [5.74, 6) is 1.49. The van der Waals surface area contributed by atoms with Gasteiger partial charge in [-0.15, -0.1) is 0 Å². The number of hydrogen-bond acceptors (Lipinski definition) is 1. The molecule has 17 heavy (non-hydrogen) atoms. The number of fused-ring (bicyclic) bond motifs is 1. The predicted molar refractivity (Wildman–Crippen MR) is 74.9 cm³/mol. The fourth-order valence-corrected chi connectivity index (χ4v) is 4.02. The largest absolute Gasteiger partial charge is 0.321 e. The van der Waals surface area contributed by atoms with Crippen molar-refractivity contribution in [2.45, 2.75) is 45.1 Å². The van der Waals surface area contributed by atoms with Gasteiger partial charge in [0.15, 0.2) is 0 Å². The van der Waals surface area contributed by atoms with E-state index in [2.05, 4.69) is 41.9 Å². The molecular weight excluding hydrogens is 274 g/mol. The van der Waals surface area contributed by atoms with Gasteiger partial charge in [0.05, 0.1) is 0 Å². The Morgan fingerprint density at radius 1 is 1.12 bits per heavy atom. The van der Waals surface area contributed by atoms with E-state index in [1.165, 1.54) is 46.8 Å². The molecule has 0 saturated heterocycles. The van der Waals surface area contributed by atoms with E-state index in [-0.39, 0.29) is 5.54 Å². The standard InChI is InChI=1S/C15H20BrN/c1-9-7-11(8-10(2)14(9)16)15(17)12-5-3-4-6-13(12)15/h7-8,12-13H,3-6,17H2,1-2H3. The van der Waals surface area contributed by atoms with Crippen LogP contribution in [-0.4, -0.2) is 0 Å². The zero-order valence-corrected chi connectivity index (χ0v) is 12.2. The summed E-state index contributed by atoms with van der Waals surface area (Å²) in [7, 11) is 0. The Kier molecular flexibility index (Phi) is 2.64. The number of benzene rings is 1. The lowest BCUT2D eigenvalue weighted by Crippen LogP contribution is -2.24. The van der Waals surface area contributed by atoms with Gasteiger partial charge >= 0.3 is 0 Å². The molecule has 2 unspecified atom stereocenters.